The molecule has 0 spiro atoms. The lowest BCUT2D eigenvalue weighted by molar-refractivity contribution is 0.701. The second-order valence-corrected chi connectivity index (χ2v) is 3.02. The molecule has 1 aromatic rings. The summed E-state index contributed by atoms with van der Waals surface area (Å²) in [5, 5.41) is 0.231. The van der Waals surface area contributed by atoms with Crippen molar-refractivity contribution in [1.82, 2.24) is 9.55 Å². The number of hydrogen-bond acceptors (Lipinski definition) is 2. The van der Waals surface area contributed by atoms with Crippen molar-refractivity contribution < 1.29 is 0 Å². The third-order valence-corrected chi connectivity index (χ3v) is 1.69. The van der Waals surface area contributed by atoms with Gasteiger partial charge in [0.25, 0.3) is 0 Å². The molecule has 0 radical (unpaired) electrons. The first kappa shape index (κ1) is 7.66. The van der Waals surface area contributed by atoms with E-state index in [-0.39, 0.29) is 5.25 Å². The van der Waals surface area contributed by atoms with E-state index >= 15 is 0 Å². The molecule has 0 aromatic carbocycles. The van der Waals surface area contributed by atoms with Crippen molar-refractivity contribution >= 4 is 12.6 Å². The second-order valence-electron chi connectivity index (χ2n) is 2.25. The van der Waals surface area contributed by atoms with E-state index in [1.807, 2.05) is 19.3 Å². The molecule has 1 unspecified atom stereocenters. The van der Waals surface area contributed by atoms with Crippen molar-refractivity contribution in [2.75, 3.05) is 0 Å². The number of hydrogen-bond donors (Lipinski definition) is 1. The Morgan fingerprint density at radius 3 is 2.90 bits per heavy atom. The van der Waals surface area contributed by atoms with Gasteiger partial charge in [-0.2, -0.15) is 12.6 Å². The zero-order chi connectivity index (χ0) is 7.56. The fraction of sp³-hybridized carbons (Fsp3) is 0.571. The van der Waals surface area contributed by atoms with E-state index in [9.17, 15) is 0 Å². The number of imidazole rings is 1. The van der Waals surface area contributed by atoms with E-state index in [0.29, 0.717) is 0 Å². The Morgan fingerprint density at radius 2 is 2.50 bits per heavy atom. The topological polar surface area (TPSA) is 17.8 Å². The van der Waals surface area contributed by atoms with Crippen molar-refractivity contribution in [1.29, 1.82) is 0 Å². The van der Waals surface area contributed by atoms with Gasteiger partial charge in [0, 0.05) is 18.9 Å². The zero-order valence-corrected chi connectivity index (χ0v) is 7.18. The maximum absolute atomic E-state index is 4.29. The van der Waals surface area contributed by atoms with Gasteiger partial charge >= 0.3 is 0 Å². The van der Waals surface area contributed by atoms with E-state index in [2.05, 4.69) is 29.1 Å². The predicted molar refractivity (Wildman–Crippen MR) is 45.3 cm³/mol. The summed E-state index contributed by atoms with van der Waals surface area (Å²) >= 11 is 4.29. The molecular weight excluding hydrogens is 144 g/mol. The van der Waals surface area contributed by atoms with Gasteiger partial charge < -0.3 is 4.57 Å². The van der Waals surface area contributed by atoms with Gasteiger partial charge in [-0.05, 0) is 13.8 Å². The van der Waals surface area contributed by atoms with E-state index in [1.54, 1.807) is 0 Å². The summed E-state index contributed by atoms with van der Waals surface area (Å²) in [4.78, 5) is 4.17. The third-order valence-electron chi connectivity index (χ3n) is 1.46. The average molecular weight is 156 g/mol. The van der Waals surface area contributed by atoms with Gasteiger partial charge in [0.1, 0.15) is 5.82 Å². The second kappa shape index (κ2) is 3.10. The smallest absolute Gasteiger partial charge is 0.121 e. The molecule has 0 N–H and O–H groups in total. The number of aryl methyl sites for hydroxylation is 1. The standard InChI is InChI=1S/C7H12N2S/c1-3-9-5-4-8-7(9)6(2)10/h4-6,10H,3H2,1-2H3. The molecule has 3 heteroatoms. The monoisotopic (exact) mass is 156 g/mol. The van der Waals surface area contributed by atoms with Crippen LogP contribution in [0.5, 0.6) is 0 Å². The maximum Gasteiger partial charge on any atom is 0.121 e. The Morgan fingerprint density at radius 1 is 1.80 bits per heavy atom. The molecule has 2 nitrogen and oxygen atoms in total. The largest absolute Gasteiger partial charge is 0.334 e. The Labute approximate surface area is 66.7 Å². The Balaban J connectivity index is 2.90. The first-order valence-electron chi connectivity index (χ1n) is 3.44. The van der Waals surface area contributed by atoms with Crippen LogP contribution in [-0.2, 0) is 6.54 Å². The van der Waals surface area contributed by atoms with E-state index < -0.39 is 0 Å². The van der Waals surface area contributed by atoms with Crippen molar-refractivity contribution in [2.24, 2.45) is 0 Å². The molecule has 1 rings (SSSR count). The molecule has 0 aliphatic carbocycles. The van der Waals surface area contributed by atoms with Crippen LogP contribution in [0.15, 0.2) is 12.4 Å². The van der Waals surface area contributed by atoms with Crippen molar-refractivity contribution in [3.05, 3.63) is 18.2 Å². The van der Waals surface area contributed by atoms with Crippen LogP contribution < -0.4 is 0 Å². The van der Waals surface area contributed by atoms with Gasteiger partial charge in [-0.25, -0.2) is 4.98 Å². The highest BCUT2D eigenvalue weighted by molar-refractivity contribution is 7.80. The van der Waals surface area contributed by atoms with Gasteiger partial charge in [-0.1, -0.05) is 0 Å². The summed E-state index contributed by atoms with van der Waals surface area (Å²) in [7, 11) is 0. The maximum atomic E-state index is 4.29. The fourth-order valence-electron chi connectivity index (χ4n) is 0.956. The average Bonchev–Trinajstić information content (AvgIpc) is 2.33. The first-order chi connectivity index (χ1) is 4.75. The van der Waals surface area contributed by atoms with Gasteiger partial charge in [-0.3, -0.25) is 0 Å². The van der Waals surface area contributed by atoms with Crippen molar-refractivity contribution in [3.8, 4) is 0 Å². The van der Waals surface area contributed by atoms with Gasteiger partial charge in [0.2, 0.25) is 0 Å². The zero-order valence-electron chi connectivity index (χ0n) is 6.28. The molecule has 0 aliphatic heterocycles. The Kier molecular flexibility index (Phi) is 2.38. The van der Waals surface area contributed by atoms with Crippen LogP contribution in [0.2, 0.25) is 0 Å². The fourth-order valence-corrected chi connectivity index (χ4v) is 1.17. The summed E-state index contributed by atoms with van der Waals surface area (Å²) in [6, 6.07) is 0. The molecule has 1 heterocycles. The van der Waals surface area contributed by atoms with Crippen LogP contribution in [0.25, 0.3) is 0 Å². The minimum atomic E-state index is 0.231. The van der Waals surface area contributed by atoms with E-state index in [4.69, 9.17) is 0 Å². The summed E-state index contributed by atoms with van der Waals surface area (Å²) < 4.78 is 2.09. The third kappa shape index (κ3) is 1.34. The van der Waals surface area contributed by atoms with Gasteiger partial charge in [-0.15, -0.1) is 0 Å². The summed E-state index contributed by atoms with van der Waals surface area (Å²) in [6.07, 6.45) is 3.79. The van der Waals surface area contributed by atoms with Crippen LogP contribution in [0.4, 0.5) is 0 Å². The lowest BCUT2D eigenvalue weighted by Crippen LogP contribution is -2.00. The van der Waals surface area contributed by atoms with Gasteiger partial charge in [0.05, 0.1) is 5.25 Å². The molecule has 0 saturated heterocycles. The molecule has 10 heavy (non-hydrogen) atoms. The highest BCUT2D eigenvalue weighted by Crippen LogP contribution is 2.15. The van der Waals surface area contributed by atoms with Gasteiger partial charge in [0.15, 0.2) is 0 Å². The number of rotatable bonds is 2. The van der Waals surface area contributed by atoms with Crippen LogP contribution in [0.3, 0.4) is 0 Å². The number of thiol groups is 1. The van der Waals surface area contributed by atoms with Crippen molar-refractivity contribution in [2.45, 2.75) is 25.6 Å². The van der Waals surface area contributed by atoms with Crippen LogP contribution >= 0.6 is 12.6 Å². The molecule has 0 saturated carbocycles. The Hall–Kier alpha value is -0.440. The molecule has 0 aliphatic rings. The SMILES string of the molecule is CCn1ccnc1C(C)S. The van der Waals surface area contributed by atoms with E-state index in [0.717, 1.165) is 12.4 Å². The lowest BCUT2D eigenvalue weighted by Gasteiger charge is -2.05. The lowest BCUT2D eigenvalue weighted by atomic mass is 10.4. The summed E-state index contributed by atoms with van der Waals surface area (Å²) in [6.45, 7) is 5.10. The van der Waals surface area contributed by atoms with E-state index in [1.165, 1.54) is 0 Å². The van der Waals surface area contributed by atoms with Crippen LogP contribution in [0.1, 0.15) is 24.9 Å². The predicted octanol–water partition coefficient (Wildman–Crippen LogP) is 1.89. The van der Waals surface area contributed by atoms with Crippen LogP contribution in [0, 0.1) is 0 Å². The minimum Gasteiger partial charge on any atom is -0.334 e. The molecule has 0 amide bonds. The minimum absolute atomic E-state index is 0.231. The number of aromatic nitrogens is 2. The molecule has 1 atom stereocenters. The van der Waals surface area contributed by atoms with Crippen molar-refractivity contribution in [3.63, 3.8) is 0 Å². The molecule has 56 valence electrons. The quantitative estimate of drug-likeness (QED) is 0.647. The molecule has 1 aromatic heterocycles. The molecule has 0 bridgehead atoms. The highest BCUT2D eigenvalue weighted by atomic mass is 32.1. The molecular formula is C7H12N2S. The summed E-state index contributed by atoms with van der Waals surface area (Å²) in [5.74, 6) is 1.05. The number of nitrogens with zero attached hydrogens (tertiary/aromatic N) is 2. The first-order valence-corrected chi connectivity index (χ1v) is 3.96. The Bertz CT molecular complexity index is 205. The van der Waals surface area contributed by atoms with Crippen LogP contribution in [-0.4, -0.2) is 9.55 Å². The summed E-state index contributed by atoms with van der Waals surface area (Å²) in [5.41, 5.74) is 0. The molecule has 0 fully saturated rings. The highest BCUT2D eigenvalue weighted by Gasteiger charge is 2.04. The normalized spacial score (nSPS) is 13.5.